The van der Waals surface area contributed by atoms with Crippen LogP contribution < -0.4 is 9.64 Å². The van der Waals surface area contributed by atoms with Gasteiger partial charge in [-0.25, -0.2) is 4.79 Å². The van der Waals surface area contributed by atoms with Crippen LogP contribution in [-0.2, 0) is 9.59 Å². The van der Waals surface area contributed by atoms with E-state index in [9.17, 15) is 24.8 Å². The smallest absolute Gasteiger partial charge is 0.366 e. The molecule has 0 saturated heterocycles. The minimum atomic E-state index is -1.30. The minimum absolute atomic E-state index is 0.132. The van der Waals surface area contributed by atoms with Gasteiger partial charge in [-0.05, 0) is 35.7 Å². The first-order chi connectivity index (χ1) is 10.6. The van der Waals surface area contributed by atoms with Crippen LogP contribution in [0.2, 0.25) is 0 Å². The Morgan fingerprint density at radius 1 is 1.43 bits per heavy atom. The van der Waals surface area contributed by atoms with E-state index in [2.05, 4.69) is 4.98 Å². The largest absolute Gasteiger partial charge is 0.480 e. The summed E-state index contributed by atoms with van der Waals surface area (Å²) in [5.74, 6) is -2.77. The van der Waals surface area contributed by atoms with Gasteiger partial charge in [-0.1, -0.05) is 13.8 Å². The van der Waals surface area contributed by atoms with Crippen LogP contribution in [0.5, 0.6) is 5.75 Å². The van der Waals surface area contributed by atoms with E-state index >= 15 is 0 Å². The maximum Gasteiger partial charge on any atom is 0.366 e. The maximum atomic E-state index is 12.7. The van der Waals surface area contributed by atoms with Gasteiger partial charge in [0.05, 0.1) is 0 Å². The van der Waals surface area contributed by atoms with E-state index in [0.717, 1.165) is 11.0 Å². The van der Waals surface area contributed by atoms with Crippen molar-refractivity contribution in [3.63, 3.8) is 0 Å². The Morgan fingerprint density at radius 2 is 2.04 bits per heavy atom. The highest BCUT2D eigenvalue weighted by atomic mass is 16.6. The topological polar surface area (TPSA) is 123 Å². The molecule has 1 aliphatic heterocycles. The number of carboxylic acids is 1. The van der Waals surface area contributed by atoms with E-state index in [-0.39, 0.29) is 11.6 Å². The molecular formula is C14H17N3O6. The highest BCUT2D eigenvalue weighted by Gasteiger charge is 2.49. The summed E-state index contributed by atoms with van der Waals surface area (Å²) in [4.78, 5) is 39.3. The van der Waals surface area contributed by atoms with Crippen LogP contribution in [0.1, 0.15) is 27.7 Å². The average molecular weight is 323 g/mol. The van der Waals surface area contributed by atoms with Crippen LogP contribution >= 0.6 is 0 Å². The number of carboxylic acid groups (broad SMARTS) is 1. The summed E-state index contributed by atoms with van der Waals surface area (Å²) in [5.41, 5.74) is -1.30. The van der Waals surface area contributed by atoms with Crippen molar-refractivity contribution in [2.45, 2.75) is 39.3 Å². The van der Waals surface area contributed by atoms with Crippen molar-refractivity contribution in [3.8, 4) is 5.75 Å². The number of carbonyl (C=O) groups is 2. The van der Waals surface area contributed by atoms with E-state index in [1.165, 1.54) is 19.9 Å². The molecule has 0 saturated carbocycles. The minimum Gasteiger partial charge on any atom is -0.480 e. The van der Waals surface area contributed by atoms with Crippen molar-refractivity contribution < 1.29 is 24.4 Å². The third-order valence-corrected chi connectivity index (χ3v) is 3.50. The number of amides is 1. The van der Waals surface area contributed by atoms with Gasteiger partial charge in [0.25, 0.3) is 11.7 Å². The maximum absolute atomic E-state index is 12.7. The van der Waals surface area contributed by atoms with Gasteiger partial charge in [0.1, 0.15) is 6.04 Å². The molecule has 0 aromatic carbocycles. The molecule has 0 bridgehead atoms. The van der Waals surface area contributed by atoms with Gasteiger partial charge >= 0.3 is 11.8 Å². The van der Waals surface area contributed by atoms with E-state index < -0.39 is 40.2 Å². The number of nitro groups is 1. The summed E-state index contributed by atoms with van der Waals surface area (Å²) in [7, 11) is 0. The number of ether oxygens (including phenoxy) is 1. The van der Waals surface area contributed by atoms with Gasteiger partial charge < -0.3 is 20.0 Å². The van der Waals surface area contributed by atoms with Crippen molar-refractivity contribution in [1.82, 2.24) is 4.98 Å². The molecule has 9 heteroatoms. The normalized spacial score (nSPS) is 17.4. The zero-order valence-corrected chi connectivity index (χ0v) is 13.1. The summed E-state index contributed by atoms with van der Waals surface area (Å²) >= 11 is 0. The van der Waals surface area contributed by atoms with Crippen LogP contribution in [0, 0.1) is 16.0 Å². The van der Waals surface area contributed by atoms with Crippen LogP contribution in [0.3, 0.4) is 0 Å². The first kappa shape index (κ1) is 16.7. The summed E-state index contributed by atoms with van der Waals surface area (Å²) in [6, 6.07) is 1.26. The molecule has 0 radical (unpaired) electrons. The lowest BCUT2D eigenvalue weighted by Gasteiger charge is -2.39. The van der Waals surface area contributed by atoms with Gasteiger partial charge in [0.15, 0.2) is 11.4 Å². The predicted octanol–water partition coefficient (Wildman–Crippen LogP) is 1.60. The third kappa shape index (κ3) is 2.81. The fourth-order valence-corrected chi connectivity index (χ4v) is 2.44. The number of fused-ring (bicyclic) bond motifs is 1. The highest BCUT2D eigenvalue weighted by molar-refractivity contribution is 6.05. The number of anilines is 1. The second-order valence-electron chi connectivity index (χ2n) is 6.06. The van der Waals surface area contributed by atoms with Gasteiger partial charge in [-0.2, -0.15) is 0 Å². The lowest BCUT2D eigenvalue weighted by atomic mass is 9.97. The SMILES string of the molecule is CC(C)C(C(=O)O)N1C(=O)C(C)(C)Oc2ccc([N+](=O)[O-])nc21. The number of aromatic nitrogens is 1. The summed E-state index contributed by atoms with van der Waals surface area (Å²) in [5, 5.41) is 20.4. The van der Waals surface area contributed by atoms with Gasteiger partial charge in [0, 0.05) is 6.07 Å². The van der Waals surface area contributed by atoms with E-state index in [0.29, 0.717) is 0 Å². The predicted molar refractivity (Wildman–Crippen MR) is 79.3 cm³/mol. The fourth-order valence-electron chi connectivity index (χ4n) is 2.44. The zero-order valence-electron chi connectivity index (χ0n) is 13.1. The number of carbonyl (C=O) groups excluding carboxylic acids is 1. The van der Waals surface area contributed by atoms with Crippen LogP contribution in [0.15, 0.2) is 12.1 Å². The molecule has 1 atom stereocenters. The zero-order chi connectivity index (χ0) is 17.5. The molecule has 1 unspecified atom stereocenters. The Labute approximate surface area is 132 Å². The fraction of sp³-hybridized carbons (Fsp3) is 0.500. The highest BCUT2D eigenvalue weighted by Crippen LogP contribution is 2.39. The van der Waals surface area contributed by atoms with E-state index in [4.69, 9.17) is 4.74 Å². The first-order valence-corrected chi connectivity index (χ1v) is 6.97. The molecule has 124 valence electrons. The molecular weight excluding hydrogens is 306 g/mol. The Hall–Kier alpha value is -2.71. The molecule has 2 heterocycles. The molecule has 0 aliphatic carbocycles. The number of hydrogen-bond donors (Lipinski definition) is 1. The number of pyridine rings is 1. The molecule has 1 amide bonds. The Balaban J connectivity index is 2.68. The van der Waals surface area contributed by atoms with Crippen LogP contribution in [0.4, 0.5) is 11.6 Å². The molecule has 1 aromatic rings. The Bertz CT molecular complexity index is 685. The van der Waals surface area contributed by atoms with E-state index in [1.807, 2.05) is 0 Å². The van der Waals surface area contributed by atoms with Crippen LogP contribution in [0.25, 0.3) is 0 Å². The third-order valence-electron chi connectivity index (χ3n) is 3.50. The second kappa shape index (κ2) is 5.49. The number of hydrogen-bond acceptors (Lipinski definition) is 6. The second-order valence-corrected chi connectivity index (χ2v) is 6.06. The van der Waals surface area contributed by atoms with Gasteiger partial charge in [-0.3, -0.25) is 9.69 Å². The molecule has 0 fully saturated rings. The van der Waals surface area contributed by atoms with Crippen LogP contribution in [-0.4, -0.2) is 38.5 Å². The van der Waals surface area contributed by atoms with Gasteiger partial charge in [-0.15, -0.1) is 0 Å². The number of nitrogens with zero attached hydrogens (tertiary/aromatic N) is 3. The van der Waals surface area contributed by atoms with Crippen molar-refractivity contribution in [1.29, 1.82) is 0 Å². The molecule has 1 N–H and O–H groups in total. The molecule has 1 aromatic heterocycles. The van der Waals surface area contributed by atoms with Crippen molar-refractivity contribution in [2.75, 3.05) is 4.90 Å². The Morgan fingerprint density at radius 3 is 2.52 bits per heavy atom. The van der Waals surface area contributed by atoms with Crippen molar-refractivity contribution in [3.05, 3.63) is 22.2 Å². The lowest BCUT2D eigenvalue weighted by molar-refractivity contribution is -0.389. The quantitative estimate of drug-likeness (QED) is 0.659. The number of rotatable bonds is 4. The van der Waals surface area contributed by atoms with Gasteiger partial charge in [0.2, 0.25) is 0 Å². The Kier molecular flexibility index (Phi) is 3.97. The molecule has 0 spiro atoms. The summed E-state index contributed by atoms with van der Waals surface area (Å²) < 4.78 is 5.54. The monoisotopic (exact) mass is 323 g/mol. The molecule has 9 nitrogen and oxygen atoms in total. The standard InChI is InChI=1S/C14H17N3O6/c1-7(2)10(12(18)19)16-11-8(23-14(3,4)13(16)20)5-6-9(15-11)17(21)22/h5-7,10H,1-4H3,(H,18,19). The van der Waals surface area contributed by atoms with Crippen molar-refractivity contribution >= 4 is 23.5 Å². The molecule has 1 aliphatic rings. The summed E-state index contributed by atoms with van der Waals surface area (Å²) in [6.07, 6.45) is 0. The molecule has 2 rings (SSSR count). The van der Waals surface area contributed by atoms with E-state index in [1.54, 1.807) is 13.8 Å². The average Bonchev–Trinajstić information content (AvgIpc) is 2.41. The number of aliphatic carboxylic acids is 1. The van der Waals surface area contributed by atoms with Crippen molar-refractivity contribution in [2.24, 2.45) is 5.92 Å². The lowest BCUT2D eigenvalue weighted by Crippen LogP contribution is -2.59. The first-order valence-electron chi connectivity index (χ1n) is 6.97. The molecule has 23 heavy (non-hydrogen) atoms. The summed E-state index contributed by atoms with van der Waals surface area (Å²) in [6.45, 7) is 6.30.